The number of benzene rings is 2. The zero-order valence-electron chi connectivity index (χ0n) is 19.5. The van der Waals surface area contributed by atoms with Crippen molar-refractivity contribution in [1.82, 2.24) is 14.7 Å². The van der Waals surface area contributed by atoms with Gasteiger partial charge in [-0.2, -0.15) is 0 Å². The quantitative estimate of drug-likeness (QED) is 0.643. The summed E-state index contributed by atoms with van der Waals surface area (Å²) in [5.41, 5.74) is 1.38. The normalized spacial score (nSPS) is 20.4. The van der Waals surface area contributed by atoms with Gasteiger partial charge in [-0.25, -0.2) is 4.39 Å². The molecule has 3 aliphatic heterocycles. The first-order valence-corrected chi connectivity index (χ1v) is 12.3. The molecule has 5 rings (SSSR count). The minimum atomic E-state index is -0.276. The highest BCUT2D eigenvalue weighted by Crippen LogP contribution is 2.32. The number of carbonyl (C=O) groups excluding carboxylic acids is 1. The molecule has 0 spiro atoms. The molecule has 1 N–H and O–H groups in total. The first-order valence-electron chi connectivity index (χ1n) is 11.9. The van der Waals surface area contributed by atoms with Crippen LogP contribution in [0.1, 0.15) is 16.8 Å². The summed E-state index contributed by atoms with van der Waals surface area (Å²) in [6.45, 7) is 6.03. The van der Waals surface area contributed by atoms with Gasteiger partial charge in [0.25, 0.3) is 5.91 Å². The average molecular weight is 501 g/mol. The van der Waals surface area contributed by atoms with E-state index in [2.05, 4.69) is 15.1 Å². The van der Waals surface area contributed by atoms with Gasteiger partial charge in [-0.3, -0.25) is 9.69 Å². The van der Waals surface area contributed by atoms with Gasteiger partial charge >= 0.3 is 0 Å². The second kappa shape index (κ2) is 10.8. The smallest absolute Gasteiger partial charge is 0.254 e. The van der Waals surface area contributed by atoms with Crippen molar-refractivity contribution in [2.24, 2.45) is 0 Å². The summed E-state index contributed by atoms with van der Waals surface area (Å²) in [5, 5.41) is 3.80. The Labute approximate surface area is 209 Å². The van der Waals surface area contributed by atoms with Crippen molar-refractivity contribution in [2.75, 3.05) is 64.5 Å². The minimum absolute atomic E-state index is 0.0162. The van der Waals surface area contributed by atoms with Gasteiger partial charge < -0.3 is 29.3 Å². The van der Waals surface area contributed by atoms with E-state index in [9.17, 15) is 9.18 Å². The lowest BCUT2D eigenvalue weighted by Gasteiger charge is -2.36. The van der Waals surface area contributed by atoms with Crippen LogP contribution in [0.25, 0.3) is 0 Å². The number of hydrogen-bond acceptors (Lipinski definition) is 6. The summed E-state index contributed by atoms with van der Waals surface area (Å²) in [7, 11) is 0. The second-order valence-electron chi connectivity index (χ2n) is 8.89. The van der Waals surface area contributed by atoms with Crippen LogP contribution >= 0.6 is 12.2 Å². The molecule has 1 atom stereocenters. The topological polar surface area (TPSA) is 66.5 Å². The molecule has 0 aliphatic carbocycles. The third-order valence-electron chi connectivity index (χ3n) is 6.48. The van der Waals surface area contributed by atoms with Crippen LogP contribution < -0.4 is 14.8 Å². The van der Waals surface area contributed by atoms with Gasteiger partial charge in [-0.05, 0) is 67.6 Å². The summed E-state index contributed by atoms with van der Waals surface area (Å²) in [6, 6.07) is 11.5. The van der Waals surface area contributed by atoms with Gasteiger partial charge in [-0.1, -0.05) is 0 Å². The molecule has 0 aromatic heterocycles. The number of rotatable bonds is 4. The lowest BCUT2D eigenvalue weighted by molar-refractivity contribution is -0.0224. The Morgan fingerprint density at radius 3 is 2.69 bits per heavy atom. The van der Waals surface area contributed by atoms with Crippen molar-refractivity contribution in [3.05, 3.63) is 53.8 Å². The number of thiocarbonyl (C=S) groups is 1. The van der Waals surface area contributed by atoms with E-state index < -0.39 is 0 Å². The molecular weight excluding hydrogens is 471 g/mol. The first-order chi connectivity index (χ1) is 17.0. The molecule has 35 heavy (non-hydrogen) atoms. The van der Waals surface area contributed by atoms with E-state index in [1.165, 1.54) is 12.1 Å². The molecule has 1 amide bonds. The number of nitrogens with one attached hydrogen (secondary N) is 1. The van der Waals surface area contributed by atoms with Crippen LogP contribution in [0, 0.1) is 5.82 Å². The average Bonchev–Trinajstić information content (AvgIpc) is 3.23. The number of morpholine rings is 1. The van der Waals surface area contributed by atoms with E-state index in [1.807, 2.05) is 4.90 Å². The summed E-state index contributed by atoms with van der Waals surface area (Å²) in [4.78, 5) is 19.4. The highest BCUT2D eigenvalue weighted by atomic mass is 32.1. The number of fused-ring (bicyclic) bond motifs is 1. The summed E-state index contributed by atoms with van der Waals surface area (Å²) < 4.78 is 30.0. The Balaban J connectivity index is 1.12. The lowest BCUT2D eigenvalue weighted by atomic mass is 10.1. The standard InChI is InChI=1S/C25H29FN4O4S/c26-19-3-5-20(6-4-19)27-25(35)30-12-13-32-21(16-30)15-28-8-1-9-29(11-10-28)24(31)18-2-7-22-23(14-18)34-17-33-22/h2-7,14,21H,1,8-13,15-17H2,(H,27,35)/t21-/m0/s1. The fraction of sp³-hybridized carbons (Fsp3) is 0.440. The Bertz CT molecular complexity index is 1070. The van der Waals surface area contributed by atoms with Crippen LogP contribution in [0.2, 0.25) is 0 Å². The Hall–Kier alpha value is -2.95. The SMILES string of the molecule is O=C(c1ccc2c(c1)OCO2)N1CCCN(C[C@H]2CN(C(=S)Nc3ccc(F)cc3)CCO2)CC1. The van der Waals surface area contributed by atoms with Gasteiger partial charge in [0.15, 0.2) is 16.6 Å². The van der Waals surface area contributed by atoms with Crippen LogP contribution in [0.3, 0.4) is 0 Å². The summed E-state index contributed by atoms with van der Waals surface area (Å²) in [6.07, 6.45) is 0.921. The van der Waals surface area contributed by atoms with Crippen molar-refractivity contribution in [3.63, 3.8) is 0 Å². The molecule has 3 heterocycles. The highest BCUT2D eigenvalue weighted by Gasteiger charge is 2.27. The maximum atomic E-state index is 13.2. The van der Waals surface area contributed by atoms with E-state index in [4.69, 9.17) is 26.4 Å². The molecule has 2 aromatic rings. The van der Waals surface area contributed by atoms with E-state index in [-0.39, 0.29) is 24.6 Å². The van der Waals surface area contributed by atoms with Crippen molar-refractivity contribution in [3.8, 4) is 11.5 Å². The number of carbonyl (C=O) groups is 1. The zero-order chi connectivity index (χ0) is 24.2. The van der Waals surface area contributed by atoms with E-state index in [0.29, 0.717) is 55.0 Å². The zero-order valence-corrected chi connectivity index (χ0v) is 20.3. The van der Waals surface area contributed by atoms with Gasteiger partial charge in [0.05, 0.1) is 12.7 Å². The van der Waals surface area contributed by atoms with Crippen LogP contribution in [0.5, 0.6) is 11.5 Å². The Morgan fingerprint density at radius 1 is 1.00 bits per heavy atom. The van der Waals surface area contributed by atoms with E-state index in [0.717, 1.165) is 31.7 Å². The third kappa shape index (κ3) is 5.83. The molecule has 0 radical (unpaired) electrons. The van der Waals surface area contributed by atoms with Crippen LogP contribution in [0.4, 0.5) is 10.1 Å². The summed E-state index contributed by atoms with van der Waals surface area (Å²) >= 11 is 5.58. The predicted octanol–water partition coefficient (Wildman–Crippen LogP) is 2.80. The number of amides is 1. The maximum absolute atomic E-state index is 13.2. The molecule has 0 saturated carbocycles. The van der Waals surface area contributed by atoms with Crippen LogP contribution in [-0.2, 0) is 4.74 Å². The van der Waals surface area contributed by atoms with Gasteiger partial charge in [0.2, 0.25) is 6.79 Å². The monoisotopic (exact) mass is 500 g/mol. The lowest BCUT2D eigenvalue weighted by Crippen LogP contribution is -2.51. The van der Waals surface area contributed by atoms with Crippen molar-refractivity contribution < 1.29 is 23.4 Å². The Kier molecular flexibility index (Phi) is 7.31. The molecular formula is C25H29FN4O4S. The number of anilines is 1. The number of ether oxygens (including phenoxy) is 3. The van der Waals surface area contributed by atoms with E-state index >= 15 is 0 Å². The molecule has 2 aromatic carbocycles. The van der Waals surface area contributed by atoms with Gasteiger partial charge in [0.1, 0.15) is 5.82 Å². The largest absolute Gasteiger partial charge is 0.454 e. The van der Waals surface area contributed by atoms with Crippen LogP contribution in [-0.4, -0.2) is 91.0 Å². The van der Waals surface area contributed by atoms with E-state index in [1.54, 1.807) is 30.3 Å². The first kappa shape index (κ1) is 23.8. The molecule has 8 nitrogen and oxygen atoms in total. The molecule has 0 bridgehead atoms. The molecule has 0 unspecified atom stereocenters. The maximum Gasteiger partial charge on any atom is 0.254 e. The van der Waals surface area contributed by atoms with Crippen molar-refractivity contribution in [1.29, 1.82) is 0 Å². The fourth-order valence-electron chi connectivity index (χ4n) is 4.61. The number of hydrogen-bond donors (Lipinski definition) is 1. The van der Waals surface area contributed by atoms with Crippen molar-refractivity contribution >= 4 is 28.9 Å². The van der Waals surface area contributed by atoms with Crippen LogP contribution in [0.15, 0.2) is 42.5 Å². The van der Waals surface area contributed by atoms with Crippen molar-refractivity contribution in [2.45, 2.75) is 12.5 Å². The molecule has 3 aliphatic rings. The Morgan fingerprint density at radius 2 is 1.83 bits per heavy atom. The number of halogens is 1. The molecule has 2 saturated heterocycles. The molecule has 186 valence electrons. The predicted molar refractivity (Wildman–Crippen MR) is 133 cm³/mol. The number of nitrogens with zero attached hydrogens (tertiary/aromatic N) is 3. The third-order valence-corrected chi connectivity index (χ3v) is 6.84. The highest BCUT2D eigenvalue weighted by molar-refractivity contribution is 7.80. The second-order valence-corrected chi connectivity index (χ2v) is 9.28. The molecule has 10 heteroatoms. The summed E-state index contributed by atoms with van der Waals surface area (Å²) in [5.74, 6) is 1.04. The minimum Gasteiger partial charge on any atom is -0.454 e. The fourth-order valence-corrected chi connectivity index (χ4v) is 4.89. The van der Waals surface area contributed by atoms with Gasteiger partial charge in [0, 0.05) is 50.5 Å². The molecule has 2 fully saturated rings. The van der Waals surface area contributed by atoms with Gasteiger partial charge in [-0.15, -0.1) is 0 Å².